The highest BCUT2D eigenvalue weighted by molar-refractivity contribution is 5.87. The first-order chi connectivity index (χ1) is 9.58. The zero-order valence-electron chi connectivity index (χ0n) is 12.5. The Kier molecular flexibility index (Phi) is 6.59. The normalized spacial score (nSPS) is 10.8. The molecule has 1 amide bonds. The molecule has 1 aromatic rings. The number of amides is 1. The fraction of sp³-hybridized carbons (Fsp3) is 0.400. The summed E-state index contributed by atoms with van der Waals surface area (Å²) in [5, 5.41) is 2.82. The van der Waals surface area contributed by atoms with Crippen LogP contribution in [0.4, 0.5) is 0 Å². The lowest BCUT2D eigenvalue weighted by molar-refractivity contribution is -0.116. The minimum atomic E-state index is -0.139. The molecule has 0 aliphatic rings. The van der Waals surface area contributed by atoms with Crippen LogP contribution in [0.1, 0.15) is 5.56 Å². The third kappa shape index (κ3) is 4.93. The molecule has 1 N–H and O–H groups in total. The highest BCUT2D eigenvalue weighted by atomic mass is 16.5. The van der Waals surface area contributed by atoms with E-state index in [0.717, 1.165) is 12.1 Å². The van der Waals surface area contributed by atoms with Gasteiger partial charge >= 0.3 is 0 Å². The smallest absolute Gasteiger partial charge is 0.243 e. The largest absolute Gasteiger partial charge is 0.496 e. The van der Waals surface area contributed by atoms with Crippen molar-refractivity contribution >= 4 is 5.91 Å². The van der Waals surface area contributed by atoms with Crippen molar-refractivity contribution in [3.63, 3.8) is 0 Å². The Hall–Kier alpha value is -2.01. The van der Waals surface area contributed by atoms with Gasteiger partial charge < -0.3 is 19.7 Å². The second kappa shape index (κ2) is 8.22. The summed E-state index contributed by atoms with van der Waals surface area (Å²) >= 11 is 0. The topological polar surface area (TPSA) is 50.8 Å². The standard InChI is InChI=1S/C15H22N2O3/c1-17(2)10-6-9-15(18)16-11-12-13(19-3)7-5-8-14(12)20-4/h5-9H,10-11H2,1-4H3,(H,16,18)/b9-6+. The lowest BCUT2D eigenvalue weighted by Gasteiger charge is -2.13. The van der Waals surface area contributed by atoms with Crippen LogP contribution in [-0.2, 0) is 11.3 Å². The number of rotatable bonds is 7. The molecular weight excluding hydrogens is 256 g/mol. The predicted octanol–water partition coefficient (Wildman–Crippen LogP) is 1.44. The maximum Gasteiger partial charge on any atom is 0.243 e. The van der Waals surface area contributed by atoms with Gasteiger partial charge in [-0.2, -0.15) is 0 Å². The van der Waals surface area contributed by atoms with Crippen LogP contribution >= 0.6 is 0 Å². The van der Waals surface area contributed by atoms with Gasteiger partial charge in [0.1, 0.15) is 11.5 Å². The molecule has 0 heterocycles. The summed E-state index contributed by atoms with van der Waals surface area (Å²) in [6.07, 6.45) is 3.34. The summed E-state index contributed by atoms with van der Waals surface area (Å²) in [5.41, 5.74) is 0.826. The van der Waals surface area contributed by atoms with Gasteiger partial charge in [-0.25, -0.2) is 0 Å². The molecule has 1 aromatic carbocycles. The van der Waals surface area contributed by atoms with E-state index in [4.69, 9.17) is 9.47 Å². The lowest BCUT2D eigenvalue weighted by Crippen LogP contribution is -2.21. The van der Waals surface area contributed by atoms with Gasteiger partial charge in [-0.15, -0.1) is 0 Å². The first-order valence-electron chi connectivity index (χ1n) is 6.37. The summed E-state index contributed by atoms with van der Waals surface area (Å²) in [5.74, 6) is 1.25. The zero-order chi connectivity index (χ0) is 15.0. The predicted molar refractivity (Wildman–Crippen MR) is 79.1 cm³/mol. The second-order valence-corrected chi connectivity index (χ2v) is 4.52. The van der Waals surface area contributed by atoms with Crippen LogP contribution in [0, 0.1) is 0 Å². The average molecular weight is 278 g/mol. The van der Waals surface area contributed by atoms with Crippen molar-refractivity contribution in [2.75, 3.05) is 34.9 Å². The van der Waals surface area contributed by atoms with E-state index in [0.29, 0.717) is 18.0 Å². The molecule has 0 unspecified atom stereocenters. The third-order valence-corrected chi connectivity index (χ3v) is 2.71. The van der Waals surface area contributed by atoms with E-state index in [1.165, 1.54) is 6.08 Å². The molecule has 110 valence electrons. The zero-order valence-corrected chi connectivity index (χ0v) is 12.5. The number of hydrogen-bond acceptors (Lipinski definition) is 4. The molecular formula is C15H22N2O3. The number of carbonyl (C=O) groups excluding carboxylic acids is 1. The third-order valence-electron chi connectivity index (χ3n) is 2.71. The maximum atomic E-state index is 11.7. The van der Waals surface area contributed by atoms with Crippen LogP contribution in [0.25, 0.3) is 0 Å². The molecule has 0 saturated heterocycles. The average Bonchev–Trinajstić information content (AvgIpc) is 2.44. The number of carbonyl (C=O) groups is 1. The van der Waals surface area contributed by atoms with Crippen molar-refractivity contribution in [2.45, 2.75) is 6.54 Å². The van der Waals surface area contributed by atoms with Crippen molar-refractivity contribution in [3.8, 4) is 11.5 Å². The van der Waals surface area contributed by atoms with Gasteiger partial charge in [0.05, 0.1) is 26.3 Å². The summed E-state index contributed by atoms with van der Waals surface area (Å²) < 4.78 is 10.6. The Morgan fingerprint density at radius 2 is 1.85 bits per heavy atom. The van der Waals surface area contributed by atoms with Crippen molar-refractivity contribution in [1.29, 1.82) is 0 Å². The Morgan fingerprint density at radius 1 is 1.25 bits per heavy atom. The Bertz CT molecular complexity index is 448. The van der Waals surface area contributed by atoms with E-state index >= 15 is 0 Å². The first kappa shape index (κ1) is 16.0. The first-order valence-corrected chi connectivity index (χ1v) is 6.37. The minimum Gasteiger partial charge on any atom is -0.496 e. The molecule has 5 heteroatoms. The summed E-state index contributed by atoms with van der Waals surface area (Å²) in [7, 11) is 7.08. The monoisotopic (exact) mass is 278 g/mol. The van der Waals surface area contributed by atoms with E-state index in [1.54, 1.807) is 14.2 Å². The molecule has 20 heavy (non-hydrogen) atoms. The molecule has 0 spiro atoms. The highest BCUT2D eigenvalue weighted by Crippen LogP contribution is 2.27. The number of ether oxygens (including phenoxy) is 2. The fourth-order valence-electron chi connectivity index (χ4n) is 1.71. The lowest BCUT2D eigenvalue weighted by atomic mass is 10.1. The van der Waals surface area contributed by atoms with E-state index in [-0.39, 0.29) is 5.91 Å². The fourth-order valence-corrected chi connectivity index (χ4v) is 1.71. The van der Waals surface area contributed by atoms with Gasteiger partial charge in [-0.1, -0.05) is 12.1 Å². The Labute approximate surface area is 120 Å². The summed E-state index contributed by atoms with van der Waals surface area (Å²) in [6.45, 7) is 1.09. The van der Waals surface area contributed by atoms with Crippen molar-refractivity contribution in [2.24, 2.45) is 0 Å². The molecule has 0 radical (unpaired) electrons. The van der Waals surface area contributed by atoms with E-state index in [9.17, 15) is 4.79 Å². The van der Waals surface area contributed by atoms with Crippen LogP contribution in [0.15, 0.2) is 30.4 Å². The maximum absolute atomic E-state index is 11.7. The molecule has 5 nitrogen and oxygen atoms in total. The SMILES string of the molecule is COc1cccc(OC)c1CNC(=O)/C=C/CN(C)C. The van der Waals surface area contributed by atoms with E-state index < -0.39 is 0 Å². The number of methoxy groups -OCH3 is 2. The number of benzene rings is 1. The molecule has 0 atom stereocenters. The van der Waals surface area contributed by atoms with Gasteiger partial charge in [0.2, 0.25) is 5.91 Å². The number of hydrogen-bond donors (Lipinski definition) is 1. The van der Waals surface area contributed by atoms with Crippen LogP contribution < -0.4 is 14.8 Å². The molecule has 0 aliphatic heterocycles. The molecule has 0 aliphatic carbocycles. The van der Waals surface area contributed by atoms with Crippen LogP contribution in [-0.4, -0.2) is 45.7 Å². The molecule has 1 rings (SSSR count). The molecule has 0 saturated carbocycles. The minimum absolute atomic E-state index is 0.139. The quantitative estimate of drug-likeness (QED) is 0.767. The van der Waals surface area contributed by atoms with Crippen LogP contribution in [0.3, 0.4) is 0 Å². The summed E-state index contributed by atoms with van der Waals surface area (Å²) in [6, 6.07) is 5.53. The van der Waals surface area contributed by atoms with Gasteiger partial charge in [-0.05, 0) is 26.2 Å². The van der Waals surface area contributed by atoms with Gasteiger partial charge in [0.15, 0.2) is 0 Å². The second-order valence-electron chi connectivity index (χ2n) is 4.52. The number of nitrogens with one attached hydrogen (secondary N) is 1. The molecule has 0 fully saturated rings. The van der Waals surface area contributed by atoms with Crippen LogP contribution in [0.5, 0.6) is 11.5 Å². The van der Waals surface area contributed by atoms with Crippen molar-refractivity contribution in [1.82, 2.24) is 10.2 Å². The Morgan fingerprint density at radius 3 is 2.35 bits per heavy atom. The Balaban J connectivity index is 2.65. The van der Waals surface area contributed by atoms with Crippen LogP contribution in [0.2, 0.25) is 0 Å². The van der Waals surface area contributed by atoms with Gasteiger partial charge in [-0.3, -0.25) is 4.79 Å². The van der Waals surface area contributed by atoms with Crippen molar-refractivity contribution < 1.29 is 14.3 Å². The van der Waals surface area contributed by atoms with E-state index in [2.05, 4.69) is 5.32 Å². The van der Waals surface area contributed by atoms with E-state index in [1.807, 2.05) is 43.3 Å². The molecule has 0 bridgehead atoms. The van der Waals surface area contributed by atoms with Gasteiger partial charge in [0, 0.05) is 12.6 Å². The van der Waals surface area contributed by atoms with Gasteiger partial charge in [0.25, 0.3) is 0 Å². The molecule has 0 aromatic heterocycles. The van der Waals surface area contributed by atoms with Crippen molar-refractivity contribution in [3.05, 3.63) is 35.9 Å². The highest BCUT2D eigenvalue weighted by Gasteiger charge is 2.10. The number of likely N-dealkylation sites (N-methyl/N-ethyl adjacent to an activating group) is 1. The summed E-state index contributed by atoms with van der Waals surface area (Å²) in [4.78, 5) is 13.7. The number of nitrogens with zero attached hydrogens (tertiary/aromatic N) is 1.